The van der Waals surface area contributed by atoms with Gasteiger partial charge >= 0.3 is 6.09 Å². The molecule has 0 aromatic carbocycles. The molecule has 0 spiro atoms. The molecule has 1 fully saturated rings. The number of carbonyl (C=O) groups is 1. The third-order valence-corrected chi connectivity index (χ3v) is 2.16. The highest BCUT2D eigenvalue weighted by atomic mass is 16.7. The summed E-state index contributed by atoms with van der Waals surface area (Å²) in [6.07, 6.45) is -3.09. The Hall–Kier alpha value is -0.850. The van der Waals surface area contributed by atoms with Crippen LogP contribution in [0.4, 0.5) is 4.79 Å². The van der Waals surface area contributed by atoms with Gasteiger partial charge in [-0.05, 0) is 6.92 Å². The van der Waals surface area contributed by atoms with Gasteiger partial charge in [-0.25, -0.2) is 4.79 Å². The molecular formula is C8H15NO5. The van der Waals surface area contributed by atoms with Crippen LogP contribution >= 0.6 is 0 Å². The normalized spacial score (nSPS) is 37.9. The first-order valence-corrected chi connectivity index (χ1v) is 4.37. The lowest BCUT2D eigenvalue weighted by atomic mass is 10.0. The molecule has 1 rings (SSSR count). The smallest absolute Gasteiger partial charge is 0.404 e. The number of nitrogens with two attached hydrogens (primary N) is 1. The zero-order valence-corrected chi connectivity index (χ0v) is 8.17. The fourth-order valence-corrected chi connectivity index (χ4v) is 1.48. The maximum absolute atomic E-state index is 10.5. The molecule has 0 bridgehead atoms. The molecule has 82 valence electrons. The summed E-state index contributed by atoms with van der Waals surface area (Å²) in [5.74, 6) is 0. The Kier molecular flexibility index (Phi) is 3.68. The molecule has 0 unspecified atom stereocenters. The Morgan fingerprint density at radius 1 is 1.64 bits per heavy atom. The van der Waals surface area contributed by atoms with Crippen LogP contribution in [0.2, 0.25) is 0 Å². The summed E-state index contributed by atoms with van der Waals surface area (Å²) in [6, 6.07) is 0. The molecule has 6 heteroatoms. The minimum Gasteiger partial charge on any atom is -0.441 e. The number of ether oxygens (including phenoxy) is 3. The van der Waals surface area contributed by atoms with E-state index >= 15 is 0 Å². The summed E-state index contributed by atoms with van der Waals surface area (Å²) < 4.78 is 15.0. The van der Waals surface area contributed by atoms with Gasteiger partial charge in [0.1, 0.15) is 0 Å². The van der Waals surface area contributed by atoms with E-state index in [9.17, 15) is 9.90 Å². The summed E-state index contributed by atoms with van der Waals surface area (Å²) in [5.41, 5.74) is 4.86. The van der Waals surface area contributed by atoms with Crippen molar-refractivity contribution in [2.24, 2.45) is 5.73 Å². The first kappa shape index (κ1) is 11.2. The molecule has 4 atom stereocenters. The average molecular weight is 205 g/mol. The van der Waals surface area contributed by atoms with E-state index in [2.05, 4.69) is 0 Å². The molecular weight excluding hydrogens is 190 g/mol. The van der Waals surface area contributed by atoms with Crippen LogP contribution in [0.15, 0.2) is 0 Å². The zero-order chi connectivity index (χ0) is 10.7. The van der Waals surface area contributed by atoms with E-state index in [1.54, 1.807) is 6.92 Å². The number of methoxy groups -OCH3 is 1. The van der Waals surface area contributed by atoms with E-state index in [0.29, 0.717) is 0 Å². The average Bonchev–Trinajstić information content (AvgIpc) is 2.10. The van der Waals surface area contributed by atoms with Gasteiger partial charge in [0.05, 0.1) is 12.2 Å². The van der Waals surface area contributed by atoms with Crippen molar-refractivity contribution in [3.8, 4) is 0 Å². The monoisotopic (exact) mass is 205 g/mol. The fourth-order valence-electron chi connectivity index (χ4n) is 1.48. The van der Waals surface area contributed by atoms with Crippen molar-refractivity contribution in [2.75, 3.05) is 7.11 Å². The summed E-state index contributed by atoms with van der Waals surface area (Å²) in [4.78, 5) is 10.5. The Morgan fingerprint density at radius 3 is 2.71 bits per heavy atom. The Bertz CT molecular complexity index is 198. The van der Waals surface area contributed by atoms with Crippen LogP contribution in [0.1, 0.15) is 13.3 Å². The van der Waals surface area contributed by atoms with Gasteiger partial charge < -0.3 is 25.1 Å². The number of primary amides is 1. The van der Waals surface area contributed by atoms with Gasteiger partial charge in [-0.2, -0.15) is 0 Å². The number of amides is 1. The van der Waals surface area contributed by atoms with Crippen molar-refractivity contribution in [3.05, 3.63) is 0 Å². The first-order valence-electron chi connectivity index (χ1n) is 4.37. The van der Waals surface area contributed by atoms with Gasteiger partial charge in [-0.15, -0.1) is 0 Å². The maximum Gasteiger partial charge on any atom is 0.404 e. The minimum absolute atomic E-state index is 0.263. The molecule has 1 saturated heterocycles. The SMILES string of the molecule is CO[C@@H]1C[C@H](O)[C@@H](OC(N)=O)[C@H](C)O1. The van der Waals surface area contributed by atoms with E-state index in [0.717, 1.165) is 0 Å². The zero-order valence-electron chi connectivity index (χ0n) is 8.17. The third-order valence-electron chi connectivity index (χ3n) is 2.16. The molecule has 0 saturated carbocycles. The topological polar surface area (TPSA) is 91.0 Å². The molecule has 14 heavy (non-hydrogen) atoms. The summed E-state index contributed by atoms with van der Waals surface area (Å²) >= 11 is 0. The number of rotatable bonds is 2. The number of aliphatic hydroxyl groups is 1. The van der Waals surface area contributed by atoms with Gasteiger partial charge in [-0.1, -0.05) is 0 Å². The molecule has 1 heterocycles. The molecule has 0 aromatic rings. The number of hydrogen-bond acceptors (Lipinski definition) is 5. The van der Waals surface area contributed by atoms with E-state index in [1.807, 2.05) is 0 Å². The van der Waals surface area contributed by atoms with Crippen LogP contribution in [0, 0.1) is 0 Å². The lowest BCUT2D eigenvalue weighted by Crippen LogP contribution is -2.50. The molecule has 0 radical (unpaired) electrons. The number of carbonyl (C=O) groups excluding carboxylic acids is 1. The standard InChI is InChI=1S/C8H15NO5/c1-4-7(14-8(9)11)5(10)3-6(12-2)13-4/h4-7,10H,3H2,1-2H3,(H2,9,11)/t4-,5-,6-,7-/m0/s1. The number of aliphatic hydroxyl groups excluding tert-OH is 1. The van der Waals surface area contributed by atoms with Crippen molar-refractivity contribution in [1.82, 2.24) is 0 Å². The van der Waals surface area contributed by atoms with Gasteiger partial charge in [0, 0.05) is 13.5 Å². The highest BCUT2D eigenvalue weighted by molar-refractivity contribution is 5.64. The molecule has 1 amide bonds. The number of hydrogen-bond donors (Lipinski definition) is 2. The van der Waals surface area contributed by atoms with Crippen molar-refractivity contribution < 1.29 is 24.1 Å². The first-order chi connectivity index (χ1) is 6.54. The van der Waals surface area contributed by atoms with Gasteiger partial charge in [-0.3, -0.25) is 0 Å². The van der Waals surface area contributed by atoms with Crippen LogP contribution in [0.5, 0.6) is 0 Å². The van der Waals surface area contributed by atoms with Crippen molar-refractivity contribution in [2.45, 2.75) is 37.9 Å². The second kappa shape index (κ2) is 4.59. The summed E-state index contributed by atoms with van der Waals surface area (Å²) in [7, 11) is 1.49. The second-order valence-corrected chi connectivity index (χ2v) is 3.21. The lowest BCUT2D eigenvalue weighted by molar-refractivity contribution is -0.236. The van der Waals surface area contributed by atoms with E-state index in [4.69, 9.17) is 19.9 Å². The Labute approximate surface area is 81.9 Å². The molecule has 0 aromatic heterocycles. The van der Waals surface area contributed by atoms with Crippen LogP contribution in [0.25, 0.3) is 0 Å². The molecule has 1 aliphatic rings. The quantitative estimate of drug-likeness (QED) is 0.639. The van der Waals surface area contributed by atoms with Gasteiger partial charge in [0.2, 0.25) is 0 Å². The predicted molar refractivity (Wildman–Crippen MR) is 46.4 cm³/mol. The van der Waals surface area contributed by atoms with E-state index < -0.39 is 30.7 Å². The van der Waals surface area contributed by atoms with Crippen LogP contribution in [0.3, 0.4) is 0 Å². The highest BCUT2D eigenvalue weighted by Gasteiger charge is 2.37. The minimum atomic E-state index is -0.916. The van der Waals surface area contributed by atoms with E-state index in [1.165, 1.54) is 7.11 Å². The van der Waals surface area contributed by atoms with E-state index in [-0.39, 0.29) is 6.42 Å². The largest absolute Gasteiger partial charge is 0.441 e. The van der Waals surface area contributed by atoms with Gasteiger partial charge in [0.15, 0.2) is 12.4 Å². The van der Waals surface area contributed by atoms with Crippen molar-refractivity contribution >= 4 is 6.09 Å². The molecule has 6 nitrogen and oxygen atoms in total. The van der Waals surface area contributed by atoms with Gasteiger partial charge in [0.25, 0.3) is 0 Å². The molecule has 1 aliphatic heterocycles. The molecule has 0 aliphatic carbocycles. The summed E-state index contributed by atoms with van der Waals surface area (Å²) in [5, 5.41) is 9.60. The maximum atomic E-state index is 10.5. The fraction of sp³-hybridized carbons (Fsp3) is 0.875. The van der Waals surface area contributed by atoms with Crippen LogP contribution < -0.4 is 5.73 Å². The van der Waals surface area contributed by atoms with Crippen molar-refractivity contribution in [1.29, 1.82) is 0 Å². The van der Waals surface area contributed by atoms with Crippen molar-refractivity contribution in [3.63, 3.8) is 0 Å². The Balaban J connectivity index is 2.55. The van der Waals surface area contributed by atoms with Crippen LogP contribution in [-0.4, -0.2) is 42.9 Å². The highest BCUT2D eigenvalue weighted by Crippen LogP contribution is 2.22. The summed E-state index contributed by atoms with van der Waals surface area (Å²) in [6.45, 7) is 1.68. The third kappa shape index (κ3) is 2.57. The van der Waals surface area contributed by atoms with Crippen LogP contribution in [-0.2, 0) is 14.2 Å². The molecule has 3 N–H and O–H groups in total. The second-order valence-electron chi connectivity index (χ2n) is 3.21. The lowest BCUT2D eigenvalue weighted by Gasteiger charge is -2.36. The predicted octanol–water partition coefficient (Wildman–Crippen LogP) is -0.408. The Morgan fingerprint density at radius 2 is 2.29 bits per heavy atom.